The zero-order valence-corrected chi connectivity index (χ0v) is 20.3. The fraction of sp³-hybridized carbons (Fsp3) is 0.375. The number of nitrogens with zero attached hydrogens (tertiary/aromatic N) is 4. The van der Waals surface area contributed by atoms with E-state index in [1.54, 1.807) is 29.1 Å². The maximum absolute atomic E-state index is 13.6. The molecule has 3 aromatic rings. The molecule has 35 heavy (non-hydrogen) atoms. The number of aryl methyl sites for hydroxylation is 2. The van der Waals surface area contributed by atoms with Gasteiger partial charge in [0.25, 0.3) is 0 Å². The molecule has 0 N–H and O–H groups in total. The first kappa shape index (κ1) is 25.1. The molecule has 2 aromatic carbocycles. The molecule has 1 atom stereocenters. The second-order valence-electron chi connectivity index (χ2n) is 8.55. The number of anilines is 1. The zero-order valence-electron chi connectivity index (χ0n) is 19.4. The predicted molar refractivity (Wildman–Crippen MR) is 126 cm³/mol. The van der Waals surface area contributed by atoms with Gasteiger partial charge in [-0.3, -0.25) is 0 Å². The van der Waals surface area contributed by atoms with E-state index in [-0.39, 0.29) is 13.1 Å². The van der Waals surface area contributed by atoms with Gasteiger partial charge in [0.1, 0.15) is 5.75 Å². The van der Waals surface area contributed by atoms with Gasteiger partial charge in [-0.1, -0.05) is 42.5 Å². The van der Waals surface area contributed by atoms with Crippen molar-refractivity contribution in [3.05, 3.63) is 77.9 Å². The van der Waals surface area contributed by atoms with Gasteiger partial charge in [0.05, 0.1) is 31.4 Å². The highest BCUT2D eigenvalue weighted by Gasteiger charge is 2.51. The molecule has 0 radical (unpaired) electrons. The Kier molecular flexibility index (Phi) is 7.09. The quantitative estimate of drug-likeness (QED) is 0.481. The molecule has 2 heterocycles. The van der Waals surface area contributed by atoms with Crippen molar-refractivity contribution in [2.24, 2.45) is 7.05 Å². The van der Waals surface area contributed by atoms with Gasteiger partial charge in [-0.2, -0.15) is 17.5 Å². The average molecular weight is 509 g/mol. The second-order valence-corrected chi connectivity index (χ2v) is 10.5. The van der Waals surface area contributed by atoms with Gasteiger partial charge in [-0.25, -0.2) is 13.4 Å². The summed E-state index contributed by atoms with van der Waals surface area (Å²) in [6.07, 6.45) is 4.47. The van der Waals surface area contributed by atoms with Gasteiger partial charge >= 0.3 is 15.5 Å². The molecule has 0 spiro atoms. The normalized spacial score (nSPS) is 17.2. The minimum absolute atomic E-state index is 0.285. The topological polar surface area (TPSA) is 67.7 Å². The molecule has 7 nitrogen and oxygen atoms in total. The summed E-state index contributed by atoms with van der Waals surface area (Å²) in [5.41, 5.74) is -2.65. The van der Waals surface area contributed by atoms with E-state index in [0.29, 0.717) is 39.8 Å². The van der Waals surface area contributed by atoms with Crippen LogP contribution in [-0.4, -0.2) is 47.5 Å². The number of fused-ring (bicyclic) bond motifs is 1. The average Bonchev–Trinajstić information content (AvgIpc) is 3.16. The van der Waals surface area contributed by atoms with Crippen LogP contribution in [0.15, 0.2) is 61.1 Å². The Morgan fingerprint density at radius 3 is 2.49 bits per heavy atom. The molecule has 0 unspecified atom stereocenters. The number of halogens is 3. The summed E-state index contributed by atoms with van der Waals surface area (Å²) >= 11 is 0. The highest BCUT2D eigenvalue weighted by Crippen LogP contribution is 2.40. The highest BCUT2D eigenvalue weighted by atomic mass is 32.2. The van der Waals surface area contributed by atoms with Gasteiger partial charge in [0.2, 0.25) is 0 Å². The molecule has 1 aliphatic heterocycles. The van der Waals surface area contributed by atoms with Crippen LogP contribution in [-0.2, 0) is 36.6 Å². The number of hydrogen-bond donors (Lipinski definition) is 0. The summed E-state index contributed by atoms with van der Waals surface area (Å²) in [7, 11) is -2.23. The van der Waals surface area contributed by atoms with Crippen LogP contribution in [0.2, 0.25) is 0 Å². The van der Waals surface area contributed by atoms with E-state index in [9.17, 15) is 21.6 Å². The van der Waals surface area contributed by atoms with Gasteiger partial charge in [-0.05, 0) is 30.0 Å². The van der Waals surface area contributed by atoms with Crippen molar-refractivity contribution in [3.63, 3.8) is 0 Å². The van der Waals surface area contributed by atoms with E-state index in [2.05, 4.69) is 4.98 Å². The number of sulfonamides is 1. The molecule has 0 saturated carbocycles. The zero-order chi connectivity index (χ0) is 25.2. The lowest BCUT2D eigenvalue weighted by Gasteiger charge is -2.34. The molecule has 0 amide bonds. The Morgan fingerprint density at radius 1 is 1.11 bits per heavy atom. The molecule has 4 rings (SSSR count). The number of para-hydroxylation sites is 1. The number of rotatable bonds is 7. The lowest BCUT2D eigenvalue weighted by atomic mass is 10.0. The fourth-order valence-electron chi connectivity index (χ4n) is 4.44. The smallest absolute Gasteiger partial charge is 0.495 e. The predicted octanol–water partition coefficient (Wildman–Crippen LogP) is 4.10. The lowest BCUT2D eigenvalue weighted by Crippen LogP contribution is -2.47. The van der Waals surface area contributed by atoms with E-state index in [0.717, 1.165) is 5.56 Å². The number of imidazole rings is 1. The van der Waals surface area contributed by atoms with Crippen molar-refractivity contribution in [2.75, 3.05) is 18.6 Å². The Hall–Kier alpha value is -3.05. The van der Waals surface area contributed by atoms with Crippen molar-refractivity contribution >= 4 is 15.7 Å². The highest BCUT2D eigenvalue weighted by molar-refractivity contribution is 7.89. The van der Waals surface area contributed by atoms with Crippen LogP contribution >= 0.6 is 0 Å². The number of alkyl halides is 3. The summed E-state index contributed by atoms with van der Waals surface area (Å²) in [4.78, 5) is 6.33. The van der Waals surface area contributed by atoms with Crippen LogP contribution in [0.25, 0.3) is 0 Å². The minimum atomic E-state index is -5.55. The fourth-order valence-corrected chi connectivity index (χ4v) is 5.41. The van der Waals surface area contributed by atoms with Crippen molar-refractivity contribution in [2.45, 2.75) is 37.5 Å². The Balaban J connectivity index is 1.81. The molecule has 0 fully saturated rings. The molecule has 0 bridgehead atoms. The van der Waals surface area contributed by atoms with Crippen molar-refractivity contribution < 1.29 is 26.3 Å². The Morgan fingerprint density at radius 2 is 1.86 bits per heavy atom. The minimum Gasteiger partial charge on any atom is -0.495 e. The SMILES string of the molecule is COc1cccc2c1N(Cc1cn(C)cn1)[C@@H](CCc1ccccc1)CN(S(=O)(=O)C(F)(F)F)C2. The monoisotopic (exact) mass is 508 g/mol. The third-order valence-electron chi connectivity index (χ3n) is 6.12. The molecule has 0 aliphatic carbocycles. The molecular weight excluding hydrogens is 481 g/mol. The van der Waals surface area contributed by atoms with Gasteiger partial charge < -0.3 is 14.2 Å². The van der Waals surface area contributed by atoms with Crippen LogP contribution in [0, 0.1) is 0 Å². The summed E-state index contributed by atoms with van der Waals surface area (Å²) < 4.78 is 73.9. The first-order chi connectivity index (χ1) is 16.6. The number of aromatic nitrogens is 2. The van der Waals surface area contributed by atoms with Crippen molar-refractivity contribution in [3.8, 4) is 5.75 Å². The number of methoxy groups -OCH3 is 1. The van der Waals surface area contributed by atoms with Crippen LogP contribution < -0.4 is 9.64 Å². The summed E-state index contributed by atoms with van der Waals surface area (Å²) in [6, 6.07) is 14.0. The van der Waals surface area contributed by atoms with Crippen LogP contribution in [0.3, 0.4) is 0 Å². The van der Waals surface area contributed by atoms with E-state index in [1.165, 1.54) is 7.11 Å². The number of ether oxygens (including phenoxy) is 1. The molecule has 11 heteroatoms. The second kappa shape index (κ2) is 9.90. The summed E-state index contributed by atoms with van der Waals surface area (Å²) in [5.74, 6) is 0.467. The van der Waals surface area contributed by atoms with E-state index in [4.69, 9.17) is 4.74 Å². The van der Waals surface area contributed by atoms with E-state index < -0.39 is 28.1 Å². The Labute approximate surface area is 202 Å². The van der Waals surface area contributed by atoms with Gasteiger partial charge in [0, 0.05) is 32.4 Å². The largest absolute Gasteiger partial charge is 0.511 e. The maximum Gasteiger partial charge on any atom is 0.511 e. The number of benzene rings is 2. The third-order valence-corrected chi connectivity index (χ3v) is 7.67. The van der Waals surface area contributed by atoms with Gasteiger partial charge in [-0.15, -0.1) is 0 Å². The molecule has 1 aliphatic rings. The first-order valence-electron chi connectivity index (χ1n) is 11.1. The van der Waals surface area contributed by atoms with E-state index >= 15 is 0 Å². The third kappa shape index (κ3) is 5.30. The van der Waals surface area contributed by atoms with Crippen LogP contribution in [0.4, 0.5) is 18.9 Å². The Bertz CT molecular complexity index is 1260. The molecule has 1 aromatic heterocycles. The molecule has 188 valence electrons. The molecule has 0 saturated heterocycles. The van der Waals surface area contributed by atoms with E-state index in [1.807, 2.05) is 48.5 Å². The van der Waals surface area contributed by atoms with Crippen LogP contribution in [0.5, 0.6) is 5.75 Å². The number of hydrogen-bond acceptors (Lipinski definition) is 5. The van der Waals surface area contributed by atoms with Crippen molar-refractivity contribution in [1.82, 2.24) is 13.9 Å². The summed E-state index contributed by atoms with van der Waals surface area (Å²) in [5, 5.41) is 0. The maximum atomic E-state index is 13.6. The van der Waals surface area contributed by atoms with Gasteiger partial charge in [0.15, 0.2) is 0 Å². The van der Waals surface area contributed by atoms with Crippen LogP contribution in [0.1, 0.15) is 23.2 Å². The first-order valence-corrected chi connectivity index (χ1v) is 12.5. The molecular formula is C24H27F3N4O3S. The lowest BCUT2D eigenvalue weighted by molar-refractivity contribution is -0.0492. The standard InChI is InChI=1S/C24H27F3N4O3S/c1-29-14-20(28-17-29)15-31-21(12-11-18-7-4-3-5-8-18)16-30(35(32,33)24(25,26)27)13-19-9-6-10-22(34-2)23(19)31/h3-10,14,17,21H,11-13,15-16H2,1-2H3/t21-/m0/s1. The summed E-state index contributed by atoms with van der Waals surface area (Å²) in [6.45, 7) is -0.443. The van der Waals surface area contributed by atoms with Crippen molar-refractivity contribution in [1.29, 1.82) is 0 Å².